The van der Waals surface area contributed by atoms with Gasteiger partial charge in [0.25, 0.3) is 5.91 Å². The molecule has 0 saturated carbocycles. The monoisotopic (exact) mass is 702 g/mol. The van der Waals surface area contributed by atoms with Crippen molar-refractivity contribution in [2.75, 3.05) is 45.2 Å². The Hall–Kier alpha value is -3.34. The average Bonchev–Trinajstić information content (AvgIpc) is 3.24. The Bertz CT molecular complexity index is 1400. The van der Waals surface area contributed by atoms with Crippen molar-refractivity contribution in [3.8, 4) is 5.75 Å². The number of amides is 2. The summed E-state index contributed by atoms with van der Waals surface area (Å²) in [7, 11) is 1.22. The van der Waals surface area contributed by atoms with Crippen LogP contribution in [-0.2, 0) is 22.2 Å². The van der Waals surface area contributed by atoms with Crippen molar-refractivity contribution >= 4 is 40.3 Å². The highest BCUT2D eigenvalue weighted by Gasteiger charge is 2.30. The maximum Gasteiger partial charge on any atom is 0.406 e. The van der Waals surface area contributed by atoms with Crippen molar-refractivity contribution in [1.29, 1.82) is 0 Å². The number of anilines is 1. The van der Waals surface area contributed by atoms with Crippen LogP contribution in [0, 0.1) is 5.92 Å². The van der Waals surface area contributed by atoms with Gasteiger partial charge in [0, 0.05) is 44.7 Å². The third-order valence-electron chi connectivity index (χ3n) is 8.42. The van der Waals surface area contributed by atoms with Crippen molar-refractivity contribution in [1.82, 2.24) is 14.9 Å². The fourth-order valence-electron chi connectivity index (χ4n) is 5.29. The summed E-state index contributed by atoms with van der Waals surface area (Å²) < 4.78 is 22.5. The average molecular weight is 703 g/mol. The Morgan fingerprint density at radius 2 is 1.90 bits per heavy atom. The lowest BCUT2D eigenvalue weighted by molar-refractivity contribution is -0.124. The first-order chi connectivity index (χ1) is 22.8. The number of carboxylic acid groups (broad SMARTS) is 1. The number of carbonyl (C=O) groups is 2. The number of nitrogens with one attached hydrogen (secondary N) is 2. The number of rotatable bonds is 16. The van der Waals surface area contributed by atoms with E-state index >= 15 is 0 Å². The van der Waals surface area contributed by atoms with E-state index in [1.54, 1.807) is 26.0 Å². The number of allylic oxidation sites excluding steroid dienone is 1. The van der Waals surface area contributed by atoms with Gasteiger partial charge < -0.3 is 25.0 Å². The SMILES string of the molecule is C=CCNC(C)(C)C(=O)NS(=O)c1ccc2c(c1)N(CCC(CC)CC=C)CC(c1ccc(Cl)cc1CCCC)CO2.CN(C)C(=O)O. The Labute approximate surface area is 295 Å². The third-order valence-corrected chi connectivity index (χ3v) is 9.71. The number of ether oxygens (including phenoxy) is 1. The van der Waals surface area contributed by atoms with E-state index in [1.807, 2.05) is 24.3 Å². The van der Waals surface area contributed by atoms with Crippen molar-refractivity contribution in [2.45, 2.75) is 82.6 Å². The van der Waals surface area contributed by atoms with Gasteiger partial charge in [-0.3, -0.25) is 9.52 Å². The number of benzene rings is 2. The summed E-state index contributed by atoms with van der Waals surface area (Å²) in [5.41, 5.74) is 2.55. The first-order valence-corrected chi connectivity index (χ1v) is 18.2. The summed E-state index contributed by atoms with van der Waals surface area (Å²) in [4.78, 5) is 26.5. The highest BCUT2D eigenvalue weighted by Crippen LogP contribution is 2.38. The van der Waals surface area contributed by atoms with E-state index in [0.717, 1.165) is 73.0 Å². The van der Waals surface area contributed by atoms with Gasteiger partial charge in [0.05, 0.1) is 22.7 Å². The number of carbonyl (C=O) groups excluding carboxylic acids is 1. The summed E-state index contributed by atoms with van der Waals surface area (Å²) in [5, 5.41) is 11.8. The Morgan fingerprint density at radius 1 is 1.19 bits per heavy atom. The van der Waals surface area contributed by atoms with E-state index in [1.165, 1.54) is 25.2 Å². The van der Waals surface area contributed by atoms with Gasteiger partial charge in [0.15, 0.2) is 11.0 Å². The molecule has 2 aromatic carbocycles. The van der Waals surface area contributed by atoms with E-state index in [4.69, 9.17) is 21.4 Å². The summed E-state index contributed by atoms with van der Waals surface area (Å²) >= 11 is 6.42. The number of hydrogen-bond donors (Lipinski definition) is 3. The van der Waals surface area contributed by atoms with Gasteiger partial charge in [-0.2, -0.15) is 0 Å². The molecule has 48 heavy (non-hydrogen) atoms. The highest BCUT2D eigenvalue weighted by atomic mass is 35.5. The van der Waals surface area contributed by atoms with Crippen LogP contribution in [0.5, 0.6) is 5.75 Å². The lowest BCUT2D eigenvalue weighted by Gasteiger charge is -2.29. The smallest absolute Gasteiger partial charge is 0.406 e. The highest BCUT2D eigenvalue weighted by molar-refractivity contribution is 7.83. The van der Waals surface area contributed by atoms with Crippen molar-refractivity contribution in [2.24, 2.45) is 5.92 Å². The minimum absolute atomic E-state index is 0.145. The van der Waals surface area contributed by atoms with Crippen LogP contribution >= 0.6 is 11.6 Å². The molecule has 3 atom stereocenters. The van der Waals surface area contributed by atoms with Crippen molar-refractivity contribution in [3.05, 3.63) is 77.9 Å². The molecule has 266 valence electrons. The second-order valence-corrected chi connectivity index (χ2v) is 14.4. The van der Waals surface area contributed by atoms with Crippen LogP contribution in [-0.4, -0.2) is 72.1 Å². The Balaban J connectivity index is 0.00000122. The maximum absolute atomic E-state index is 13.4. The zero-order valence-corrected chi connectivity index (χ0v) is 31.1. The zero-order chi connectivity index (χ0) is 35.9. The molecule has 1 aliphatic heterocycles. The lowest BCUT2D eigenvalue weighted by atomic mass is 9.91. The second-order valence-electron chi connectivity index (χ2n) is 12.8. The van der Waals surface area contributed by atoms with Gasteiger partial charge in [0.1, 0.15) is 5.75 Å². The number of nitrogens with zero attached hydrogens (tertiary/aromatic N) is 2. The quantitative estimate of drug-likeness (QED) is 0.155. The molecule has 2 amide bonds. The van der Waals surface area contributed by atoms with Crippen LogP contribution in [0.2, 0.25) is 5.02 Å². The second kappa shape index (κ2) is 20.2. The van der Waals surface area contributed by atoms with E-state index in [2.05, 4.69) is 54.1 Å². The van der Waals surface area contributed by atoms with Crippen LogP contribution in [0.15, 0.2) is 66.6 Å². The lowest BCUT2D eigenvalue weighted by Crippen LogP contribution is -2.52. The van der Waals surface area contributed by atoms with Crippen LogP contribution < -0.4 is 19.7 Å². The van der Waals surface area contributed by atoms with Gasteiger partial charge in [-0.15, -0.1) is 13.2 Å². The minimum Gasteiger partial charge on any atom is -0.491 e. The first-order valence-electron chi connectivity index (χ1n) is 16.7. The predicted octanol–water partition coefficient (Wildman–Crippen LogP) is 7.58. The van der Waals surface area contributed by atoms with Gasteiger partial charge >= 0.3 is 6.09 Å². The van der Waals surface area contributed by atoms with E-state index in [9.17, 15) is 13.8 Å². The van der Waals surface area contributed by atoms with E-state index < -0.39 is 22.6 Å². The topological polar surface area (TPSA) is 111 Å². The standard InChI is InChI=1S/C34H48ClN3O3S.C3H7NO2/c1-7-11-13-26-21-28(35)14-16-30(26)27-23-38(20-18-25(10-4)12-8-2)31-22-29(15-17-32(31)41-24-27)42(40)37-33(39)34(5,6)36-19-9-3;1-4(2)3(5)6/h8-9,14-17,21-22,25,27,36H,2-3,7,10-13,18-20,23-24H2,1,4-6H3,(H,37,39);1-2H3,(H,5,6). The molecule has 0 spiro atoms. The number of aryl methyl sites for hydroxylation is 1. The molecule has 0 bridgehead atoms. The molecule has 0 radical (unpaired) electrons. The zero-order valence-electron chi connectivity index (χ0n) is 29.5. The molecule has 0 aliphatic carbocycles. The van der Waals surface area contributed by atoms with Gasteiger partial charge in [-0.05, 0) is 86.9 Å². The van der Waals surface area contributed by atoms with Crippen LogP contribution in [0.1, 0.15) is 76.8 Å². The molecule has 1 aliphatic rings. The molecular formula is C37H55ClN4O5S. The molecule has 9 nitrogen and oxygen atoms in total. The van der Waals surface area contributed by atoms with Crippen molar-refractivity contribution < 1.29 is 23.6 Å². The summed E-state index contributed by atoms with van der Waals surface area (Å²) in [5.74, 6) is 1.10. The largest absolute Gasteiger partial charge is 0.491 e. The molecule has 3 N–H and O–H groups in total. The van der Waals surface area contributed by atoms with Gasteiger partial charge in [-0.1, -0.05) is 56.5 Å². The van der Waals surface area contributed by atoms with Crippen LogP contribution in [0.4, 0.5) is 10.5 Å². The molecular weight excluding hydrogens is 648 g/mol. The number of fused-ring (bicyclic) bond motifs is 1. The van der Waals surface area contributed by atoms with Crippen LogP contribution in [0.3, 0.4) is 0 Å². The minimum atomic E-state index is -1.73. The maximum atomic E-state index is 13.4. The molecule has 0 saturated heterocycles. The third kappa shape index (κ3) is 12.6. The van der Waals surface area contributed by atoms with Gasteiger partial charge in [-0.25, -0.2) is 9.00 Å². The fraction of sp³-hybridized carbons (Fsp3) is 0.514. The molecule has 2 aromatic rings. The summed E-state index contributed by atoms with van der Waals surface area (Å²) in [6, 6.07) is 11.8. The molecule has 3 rings (SSSR count). The molecule has 0 fully saturated rings. The summed E-state index contributed by atoms with van der Waals surface area (Å²) in [6.45, 7) is 18.2. The molecule has 3 unspecified atom stereocenters. The Kier molecular flexibility index (Phi) is 17.2. The van der Waals surface area contributed by atoms with Crippen molar-refractivity contribution in [3.63, 3.8) is 0 Å². The molecule has 1 heterocycles. The Morgan fingerprint density at radius 3 is 2.50 bits per heavy atom. The number of unbranched alkanes of at least 4 members (excludes halogenated alkanes) is 1. The molecule has 0 aromatic heterocycles. The number of hydrogen-bond acceptors (Lipinski definition) is 6. The predicted molar refractivity (Wildman–Crippen MR) is 199 cm³/mol. The molecule has 11 heteroatoms. The fourth-order valence-corrected chi connectivity index (χ4v) is 6.43. The van der Waals surface area contributed by atoms with Gasteiger partial charge in [0.2, 0.25) is 0 Å². The van der Waals surface area contributed by atoms with E-state index in [0.29, 0.717) is 24.0 Å². The van der Waals surface area contributed by atoms with E-state index in [-0.39, 0.29) is 11.8 Å². The normalized spacial score (nSPS) is 15.4. The summed E-state index contributed by atoms with van der Waals surface area (Å²) in [6.07, 6.45) is 9.04. The van der Waals surface area contributed by atoms with Crippen LogP contribution in [0.25, 0.3) is 0 Å². The first kappa shape index (κ1) is 40.8. The number of halogens is 1.